The summed E-state index contributed by atoms with van der Waals surface area (Å²) < 4.78 is 0. The Balaban J connectivity index is 1.99. The number of nitrogens with zero attached hydrogens (tertiary/aromatic N) is 2. The molecule has 0 aliphatic carbocycles. The molecule has 1 heterocycles. The quantitative estimate of drug-likeness (QED) is 0.844. The molecule has 1 aromatic rings. The highest BCUT2D eigenvalue weighted by atomic mass is 35.5. The monoisotopic (exact) mass is 281 g/mol. The second-order valence-electron chi connectivity index (χ2n) is 4.99. The molecule has 0 aromatic heterocycles. The molecule has 4 nitrogen and oxygen atoms in total. The zero-order chi connectivity index (χ0) is 13.8. The van der Waals surface area contributed by atoms with Gasteiger partial charge in [-0.2, -0.15) is 0 Å². The van der Waals surface area contributed by atoms with Crippen molar-refractivity contribution < 1.29 is 4.79 Å². The maximum atomic E-state index is 11.4. The minimum absolute atomic E-state index is 0.156. The molecule has 0 saturated carbocycles. The van der Waals surface area contributed by atoms with E-state index < -0.39 is 0 Å². The van der Waals surface area contributed by atoms with Gasteiger partial charge in [0, 0.05) is 50.4 Å². The number of rotatable bonds is 2. The van der Waals surface area contributed by atoms with Crippen molar-refractivity contribution in [1.82, 2.24) is 9.80 Å². The lowest BCUT2D eigenvalue weighted by molar-refractivity contribution is -0.128. The smallest absolute Gasteiger partial charge is 0.219 e. The van der Waals surface area contributed by atoms with Gasteiger partial charge in [0.05, 0.1) is 0 Å². The number of carbonyl (C=O) groups is 1. The lowest BCUT2D eigenvalue weighted by Crippen LogP contribution is -2.33. The SMILES string of the molecule is CC(=O)N1CCCN(Cc2cc(N)ccc2Cl)CC1. The van der Waals surface area contributed by atoms with E-state index in [1.54, 1.807) is 6.92 Å². The Kier molecular flexibility index (Phi) is 4.66. The highest BCUT2D eigenvalue weighted by molar-refractivity contribution is 6.31. The summed E-state index contributed by atoms with van der Waals surface area (Å²) in [5.74, 6) is 0.156. The van der Waals surface area contributed by atoms with Crippen LogP contribution in [-0.4, -0.2) is 41.9 Å². The topological polar surface area (TPSA) is 49.6 Å². The van der Waals surface area contributed by atoms with Gasteiger partial charge in [0.2, 0.25) is 5.91 Å². The van der Waals surface area contributed by atoms with Crippen LogP contribution in [0.25, 0.3) is 0 Å². The first-order valence-electron chi connectivity index (χ1n) is 6.58. The van der Waals surface area contributed by atoms with E-state index in [-0.39, 0.29) is 5.91 Å². The van der Waals surface area contributed by atoms with E-state index in [2.05, 4.69) is 4.90 Å². The standard InChI is InChI=1S/C14H20ClN3O/c1-11(19)18-6-2-5-17(7-8-18)10-12-9-13(16)3-4-14(12)15/h3-4,9H,2,5-8,10,16H2,1H3. The molecule has 0 spiro atoms. The molecule has 1 amide bonds. The van der Waals surface area contributed by atoms with Crippen molar-refractivity contribution in [1.29, 1.82) is 0 Å². The van der Waals surface area contributed by atoms with Crippen molar-refractivity contribution in [3.05, 3.63) is 28.8 Å². The number of anilines is 1. The zero-order valence-electron chi connectivity index (χ0n) is 11.2. The minimum Gasteiger partial charge on any atom is -0.399 e. The summed E-state index contributed by atoms with van der Waals surface area (Å²) in [6.07, 6.45) is 1.000. The number of halogens is 1. The summed E-state index contributed by atoms with van der Waals surface area (Å²) in [6.45, 7) is 5.91. The fourth-order valence-electron chi connectivity index (χ4n) is 2.40. The van der Waals surface area contributed by atoms with Crippen molar-refractivity contribution >= 4 is 23.2 Å². The number of hydrogen-bond donors (Lipinski definition) is 1. The van der Waals surface area contributed by atoms with E-state index >= 15 is 0 Å². The van der Waals surface area contributed by atoms with E-state index in [9.17, 15) is 4.79 Å². The predicted molar refractivity (Wildman–Crippen MR) is 78.0 cm³/mol. The summed E-state index contributed by atoms with van der Waals surface area (Å²) in [6, 6.07) is 5.58. The lowest BCUT2D eigenvalue weighted by Gasteiger charge is -2.21. The fourth-order valence-corrected chi connectivity index (χ4v) is 2.58. The Hall–Kier alpha value is -1.26. The average Bonchev–Trinajstić information content (AvgIpc) is 2.59. The lowest BCUT2D eigenvalue weighted by atomic mass is 10.2. The molecule has 1 fully saturated rings. The molecule has 19 heavy (non-hydrogen) atoms. The van der Waals surface area contributed by atoms with Crippen LogP contribution in [0.3, 0.4) is 0 Å². The normalized spacial score (nSPS) is 17.3. The largest absolute Gasteiger partial charge is 0.399 e. The Labute approximate surface area is 119 Å². The first kappa shape index (κ1) is 14.2. The Morgan fingerprint density at radius 3 is 2.84 bits per heavy atom. The number of benzene rings is 1. The molecule has 2 N–H and O–H groups in total. The van der Waals surface area contributed by atoms with Crippen molar-refractivity contribution in [2.45, 2.75) is 19.9 Å². The third-order valence-corrected chi connectivity index (χ3v) is 3.87. The van der Waals surface area contributed by atoms with Gasteiger partial charge in [-0.3, -0.25) is 9.69 Å². The van der Waals surface area contributed by atoms with Crippen LogP contribution in [0, 0.1) is 0 Å². The molecule has 1 aliphatic heterocycles. The Morgan fingerprint density at radius 2 is 2.11 bits per heavy atom. The van der Waals surface area contributed by atoms with Gasteiger partial charge < -0.3 is 10.6 Å². The van der Waals surface area contributed by atoms with E-state index in [1.165, 1.54) is 0 Å². The van der Waals surface area contributed by atoms with Crippen LogP contribution in [-0.2, 0) is 11.3 Å². The summed E-state index contributed by atoms with van der Waals surface area (Å²) in [5.41, 5.74) is 7.58. The molecule has 1 saturated heterocycles. The summed E-state index contributed by atoms with van der Waals surface area (Å²) in [4.78, 5) is 15.6. The van der Waals surface area contributed by atoms with Crippen LogP contribution in [0.4, 0.5) is 5.69 Å². The molecule has 0 atom stereocenters. The van der Waals surface area contributed by atoms with E-state index in [0.29, 0.717) is 0 Å². The number of amides is 1. The molecule has 0 bridgehead atoms. The van der Waals surface area contributed by atoms with Gasteiger partial charge in [0.15, 0.2) is 0 Å². The summed E-state index contributed by atoms with van der Waals surface area (Å²) in [5, 5.41) is 0.752. The van der Waals surface area contributed by atoms with E-state index in [0.717, 1.165) is 55.4 Å². The summed E-state index contributed by atoms with van der Waals surface area (Å²) >= 11 is 6.19. The van der Waals surface area contributed by atoms with Gasteiger partial charge >= 0.3 is 0 Å². The van der Waals surface area contributed by atoms with E-state index in [4.69, 9.17) is 17.3 Å². The van der Waals surface area contributed by atoms with Crippen LogP contribution in [0.5, 0.6) is 0 Å². The molecule has 2 rings (SSSR count). The second-order valence-corrected chi connectivity index (χ2v) is 5.39. The van der Waals surface area contributed by atoms with Crippen molar-refractivity contribution in [3.63, 3.8) is 0 Å². The molecular weight excluding hydrogens is 262 g/mol. The first-order valence-corrected chi connectivity index (χ1v) is 6.96. The molecule has 104 valence electrons. The average molecular weight is 282 g/mol. The van der Waals surface area contributed by atoms with Crippen molar-refractivity contribution in [2.75, 3.05) is 31.9 Å². The first-order chi connectivity index (χ1) is 9.06. The second kappa shape index (κ2) is 6.26. The minimum atomic E-state index is 0.156. The maximum absolute atomic E-state index is 11.4. The van der Waals surface area contributed by atoms with Gasteiger partial charge in [-0.05, 0) is 30.2 Å². The van der Waals surface area contributed by atoms with Crippen LogP contribution >= 0.6 is 11.6 Å². The van der Waals surface area contributed by atoms with E-state index in [1.807, 2.05) is 23.1 Å². The maximum Gasteiger partial charge on any atom is 0.219 e. The van der Waals surface area contributed by atoms with Crippen molar-refractivity contribution in [3.8, 4) is 0 Å². The third kappa shape index (κ3) is 3.85. The van der Waals surface area contributed by atoms with Gasteiger partial charge in [0.25, 0.3) is 0 Å². The van der Waals surface area contributed by atoms with Crippen LogP contribution in [0.1, 0.15) is 18.9 Å². The number of nitrogen functional groups attached to an aromatic ring is 1. The molecule has 1 aromatic carbocycles. The molecule has 1 aliphatic rings. The molecule has 5 heteroatoms. The highest BCUT2D eigenvalue weighted by Crippen LogP contribution is 2.21. The molecular formula is C14H20ClN3O. The number of hydrogen-bond acceptors (Lipinski definition) is 3. The van der Waals surface area contributed by atoms with Gasteiger partial charge in [-0.25, -0.2) is 0 Å². The van der Waals surface area contributed by atoms with Gasteiger partial charge in [0.1, 0.15) is 0 Å². The Bertz CT molecular complexity index is 464. The third-order valence-electron chi connectivity index (χ3n) is 3.50. The number of nitrogens with two attached hydrogens (primary N) is 1. The molecule has 0 unspecified atom stereocenters. The number of carbonyl (C=O) groups excluding carboxylic acids is 1. The van der Waals surface area contributed by atoms with Crippen LogP contribution < -0.4 is 5.73 Å². The van der Waals surface area contributed by atoms with Crippen LogP contribution in [0.15, 0.2) is 18.2 Å². The van der Waals surface area contributed by atoms with Crippen molar-refractivity contribution in [2.24, 2.45) is 0 Å². The fraction of sp³-hybridized carbons (Fsp3) is 0.500. The zero-order valence-corrected chi connectivity index (χ0v) is 12.0. The highest BCUT2D eigenvalue weighted by Gasteiger charge is 2.17. The van der Waals surface area contributed by atoms with Gasteiger partial charge in [-0.1, -0.05) is 11.6 Å². The summed E-state index contributed by atoms with van der Waals surface area (Å²) in [7, 11) is 0. The van der Waals surface area contributed by atoms with Crippen LogP contribution in [0.2, 0.25) is 5.02 Å². The molecule has 0 radical (unpaired) electrons. The predicted octanol–water partition coefficient (Wildman–Crippen LogP) is 1.98. The van der Waals surface area contributed by atoms with Gasteiger partial charge in [-0.15, -0.1) is 0 Å². The Morgan fingerprint density at radius 1 is 1.32 bits per heavy atom.